The highest BCUT2D eigenvalue weighted by Crippen LogP contribution is 2.42. The van der Waals surface area contributed by atoms with E-state index >= 15 is 0 Å². The summed E-state index contributed by atoms with van der Waals surface area (Å²) in [6.07, 6.45) is 12.2. The molecule has 0 unspecified atom stereocenters. The monoisotopic (exact) mass is 626 g/mol. The summed E-state index contributed by atoms with van der Waals surface area (Å²) < 4.78 is 18.8. The molecule has 1 amide bonds. The third-order valence-electron chi connectivity index (χ3n) is 7.42. The van der Waals surface area contributed by atoms with Crippen molar-refractivity contribution >= 4 is 26.4 Å². The standard InChI is InChI=1S/C35H54N2O6Si/c1-11-24-41-32-17-12-15-30(20-19-26(2)3)34(32)35(39)43-31(16-13-22-36-33(38)18-14-23-37-40-10)21-25-42-44(27(4)5,28(6)7)29(8)9/h11-15,17-19,22-23,27-29,31H,1,16,20-21,24-25H2,2-10H3,(H,36,38)/b18-14+,22-13+,37-23+/t31-/m0/s1. The van der Waals surface area contributed by atoms with Crippen LogP contribution in [0.2, 0.25) is 16.6 Å². The van der Waals surface area contributed by atoms with E-state index in [1.54, 1.807) is 24.4 Å². The summed E-state index contributed by atoms with van der Waals surface area (Å²) >= 11 is 0. The molecule has 1 aromatic carbocycles. The first-order valence-electron chi connectivity index (χ1n) is 15.4. The van der Waals surface area contributed by atoms with E-state index in [2.05, 4.69) is 69.5 Å². The smallest absolute Gasteiger partial charge is 0.342 e. The Balaban J connectivity index is 3.27. The van der Waals surface area contributed by atoms with Crippen LogP contribution in [-0.4, -0.2) is 52.8 Å². The van der Waals surface area contributed by atoms with Crippen molar-refractivity contribution in [1.82, 2.24) is 5.32 Å². The van der Waals surface area contributed by atoms with Gasteiger partial charge in [0.15, 0.2) is 8.32 Å². The number of allylic oxidation sites excluding steroid dienone is 3. The van der Waals surface area contributed by atoms with Crippen molar-refractivity contribution in [2.75, 3.05) is 20.3 Å². The lowest BCUT2D eigenvalue weighted by Crippen LogP contribution is -2.48. The molecule has 0 fully saturated rings. The summed E-state index contributed by atoms with van der Waals surface area (Å²) in [5.41, 5.74) is 3.70. The van der Waals surface area contributed by atoms with E-state index in [4.69, 9.17) is 13.9 Å². The first-order valence-corrected chi connectivity index (χ1v) is 17.6. The second-order valence-electron chi connectivity index (χ2n) is 11.8. The number of oxime groups is 1. The summed E-state index contributed by atoms with van der Waals surface area (Å²) in [6.45, 7) is 22.0. The Bertz CT molecular complexity index is 1140. The van der Waals surface area contributed by atoms with Gasteiger partial charge in [-0.1, -0.05) is 89.2 Å². The lowest BCUT2D eigenvalue weighted by molar-refractivity contribution is -0.115. The van der Waals surface area contributed by atoms with Crippen molar-refractivity contribution < 1.29 is 28.3 Å². The average molecular weight is 627 g/mol. The van der Waals surface area contributed by atoms with Crippen LogP contribution >= 0.6 is 0 Å². The Morgan fingerprint density at radius 1 is 1.07 bits per heavy atom. The fraction of sp³-hybridized carbons (Fsp3) is 0.514. The summed E-state index contributed by atoms with van der Waals surface area (Å²) in [5.74, 6) is -0.314. The molecule has 0 spiro atoms. The van der Waals surface area contributed by atoms with Crippen molar-refractivity contribution in [2.24, 2.45) is 5.16 Å². The van der Waals surface area contributed by atoms with Crippen molar-refractivity contribution in [3.63, 3.8) is 0 Å². The molecule has 1 atom stereocenters. The molecule has 0 radical (unpaired) electrons. The predicted octanol–water partition coefficient (Wildman–Crippen LogP) is 8.08. The highest BCUT2D eigenvalue weighted by atomic mass is 28.4. The number of nitrogens with one attached hydrogen (secondary N) is 1. The van der Waals surface area contributed by atoms with E-state index < -0.39 is 20.4 Å². The van der Waals surface area contributed by atoms with Gasteiger partial charge in [0.2, 0.25) is 5.91 Å². The molecule has 0 heterocycles. The first-order chi connectivity index (χ1) is 20.9. The normalized spacial score (nSPS) is 12.8. The van der Waals surface area contributed by atoms with E-state index in [1.165, 1.54) is 25.5 Å². The van der Waals surface area contributed by atoms with Crippen molar-refractivity contribution in [3.8, 4) is 5.75 Å². The van der Waals surface area contributed by atoms with Gasteiger partial charge >= 0.3 is 5.97 Å². The molecule has 0 aromatic heterocycles. The molecule has 0 bridgehead atoms. The molecule has 0 saturated heterocycles. The Hall–Kier alpha value is -3.43. The van der Waals surface area contributed by atoms with Gasteiger partial charge in [-0.3, -0.25) is 4.79 Å². The molecular weight excluding hydrogens is 572 g/mol. The molecule has 1 aromatic rings. The van der Waals surface area contributed by atoms with E-state index in [0.29, 0.717) is 53.8 Å². The van der Waals surface area contributed by atoms with Crippen molar-refractivity contribution in [2.45, 2.75) is 97.4 Å². The van der Waals surface area contributed by atoms with Crippen LogP contribution < -0.4 is 10.1 Å². The zero-order valence-corrected chi connectivity index (χ0v) is 29.2. The topological polar surface area (TPSA) is 95.5 Å². The van der Waals surface area contributed by atoms with E-state index in [0.717, 1.165) is 11.1 Å². The minimum absolute atomic E-state index is 0.268. The molecule has 1 rings (SSSR count). The molecule has 8 nitrogen and oxygen atoms in total. The highest BCUT2D eigenvalue weighted by molar-refractivity contribution is 6.77. The molecule has 0 aliphatic rings. The lowest BCUT2D eigenvalue weighted by atomic mass is 10.0. The zero-order valence-electron chi connectivity index (χ0n) is 28.2. The molecule has 244 valence electrons. The minimum Gasteiger partial charge on any atom is -0.489 e. The number of nitrogens with zero attached hydrogens (tertiary/aromatic N) is 1. The molecular formula is C35H54N2O6Si. The van der Waals surface area contributed by atoms with Gasteiger partial charge in [-0.2, -0.15) is 0 Å². The molecule has 1 N–H and O–H groups in total. The van der Waals surface area contributed by atoms with Gasteiger partial charge in [0, 0.05) is 31.7 Å². The van der Waals surface area contributed by atoms with Crippen molar-refractivity contribution in [3.05, 3.63) is 78.1 Å². The largest absolute Gasteiger partial charge is 0.489 e. The van der Waals surface area contributed by atoms with Gasteiger partial charge in [-0.05, 0) is 54.6 Å². The highest BCUT2D eigenvalue weighted by Gasteiger charge is 2.45. The van der Waals surface area contributed by atoms with Gasteiger partial charge in [0.05, 0.1) is 6.21 Å². The third kappa shape index (κ3) is 12.7. The quantitative estimate of drug-likeness (QED) is 0.0393. The number of amides is 1. The molecule has 9 heteroatoms. The molecule has 0 aliphatic heterocycles. The fourth-order valence-corrected chi connectivity index (χ4v) is 11.0. The number of hydrogen-bond acceptors (Lipinski definition) is 7. The Morgan fingerprint density at radius 3 is 2.34 bits per heavy atom. The SMILES string of the molecule is C=CCOc1cccc(CC=C(C)C)c1C(=O)O[C@@H](C/C=C/NC(=O)/C=C/C=N/OC)CCO[Si](C(C)C)(C(C)C)C(C)C. The predicted molar refractivity (Wildman–Crippen MR) is 183 cm³/mol. The van der Waals surface area contributed by atoms with Gasteiger partial charge in [-0.25, -0.2) is 4.79 Å². The summed E-state index contributed by atoms with van der Waals surface area (Å²) in [4.78, 5) is 30.4. The maximum absolute atomic E-state index is 13.8. The Morgan fingerprint density at radius 2 is 1.75 bits per heavy atom. The van der Waals surface area contributed by atoms with Gasteiger partial charge < -0.3 is 24.1 Å². The van der Waals surface area contributed by atoms with Gasteiger partial charge in [0.25, 0.3) is 0 Å². The van der Waals surface area contributed by atoms with Gasteiger partial charge in [-0.15, -0.1) is 0 Å². The minimum atomic E-state index is -2.10. The van der Waals surface area contributed by atoms with Crippen LogP contribution in [0, 0.1) is 0 Å². The van der Waals surface area contributed by atoms with Crippen LogP contribution in [-0.2, 0) is 25.2 Å². The number of carbonyl (C=O) groups excluding carboxylic acids is 2. The number of ether oxygens (including phenoxy) is 2. The van der Waals surface area contributed by atoms with Crippen LogP contribution in [0.5, 0.6) is 5.75 Å². The number of carbonyl (C=O) groups is 2. The summed E-state index contributed by atoms with van der Waals surface area (Å²) in [5, 5.41) is 6.24. The molecule has 0 aliphatic carbocycles. The number of hydrogen-bond donors (Lipinski definition) is 1. The van der Waals surface area contributed by atoms with Crippen molar-refractivity contribution in [1.29, 1.82) is 0 Å². The van der Waals surface area contributed by atoms with Crippen LogP contribution in [0.1, 0.15) is 84.2 Å². The first kappa shape index (κ1) is 38.6. The maximum atomic E-state index is 13.8. The van der Waals surface area contributed by atoms with Crippen LogP contribution in [0.4, 0.5) is 0 Å². The summed E-state index contributed by atoms with van der Waals surface area (Å²) in [7, 11) is -0.678. The second-order valence-corrected chi connectivity index (χ2v) is 17.3. The Labute approximate surface area is 266 Å². The van der Waals surface area contributed by atoms with Gasteiger partial charge in [0.1, 0.15) is 31.1 Å². The third-order valence-corrected chi connectivity index (χ3v) is 13.5. The maximum Gasteiger partial charge on any atom is 0.342 e. The summed E-state index contributed by atoms with van der Waals surface area (Å²) in [6, 6.07) is 5.57. The van der Waals surface area contributed by atoms with E-state index in [9.17, 15) is 9.59 Å². The lowest BCUT2D eigenvalue weighted by Gasteiger charge is -2.42. The number of esters is 1. The average Bonchev–Trinajstić information content (AvgIpc) is 2.96. The zero-order chi connectivity index (χ0) is 33.1. The Kier molecular flexibility index (Phi) is 18.0. The van der Waals surface area contributed by atoms with Crippen LogP contribution in [0.25, 0.3) is 0 Å². The molecule has 44 heavy (non-hydrogen) atoms. The fourth-order valence-electron chi connectivity index (χ4n) is 5.50. The van der Waals surface area contributed by atoms with Crippen LogP contribution in [0.3, 0.4) is 0 Å². The van der Waals surface area contributed by atoms with Crippen LogP contribution in [0.15, 0.2) is 72.1 Å². The van der Waals surface area contributed by atoms with E-state index in [-0.39, 0.29) is 12.5 Å². The van der Waals surface area contributed by atoms with E-state index in [1.807, 2.05) is 26.0 Å². The number of rotatable bonds is 20. The molecule has 0 saturated carbocycles. The second kappa shape index (κ2) is 20.5. The number of benzene rings is 1.